The minimum atomic E-state index is -0.526. The number of piperazine rings is 1. The molecule has 70 heavy (non-hydrogen) atoms. The number of aliphatic imine (C=N–C) groups is 1. The van der Waals surface area contributed by atoms with E-state index in [1.54, 1.807) is 17.5 Å². The SMILES string of the molecule is Cc1sc2c(c1C)C(c1ccc(Cl)cc1)=N[C@@H](CC(=O)N1CCC(CN3CCN(Cc4ccc(C(=O)c5ccc(N6[C@@H]7CC[C@H]6C[C@@H](NC(=O)OC(C)(C)C)C7)nc5)cc4)CC3)CC1)c1nnc(C)n1-2. The molecule has 16 heteroatoms. The lowest BCUT2D eigenvalue weighted by molar-refractivity contribution is -0.133. The maximum Gasteiger partial charge on any atom is 0.407 e. The third kappa shape index (κ3) is 10.3. The smallest absolute Gasteiger partial charge is 0.407 e. The molecule has 4 atom stereocenters. The maximum absolute atomic E-state index is 14.1. The number of carbonyl (C=O) groups is 3. The van der Waals surface area contributed by atoms with Crippen LogP contribution in [0.4, 0.5) is 10.6 Å². The average Bonchev–Trinajstić information content (AvgIpc) is 3.92. The number of ketones is 1. The number of anilines is 1. The fourth-order valence-electron chi connectivity index (χ4n) is 11.3. The quantitative estimate of drug-likeness (QED) is 0.128. The zero-order chi connectivity index (χ0) is 48.8. The van der Waals surface area contributed by atoms with E-state index in [1.165, 1.54) is 16.0 Å². The molecular weight excluding hydrogens is 920 g/mol. The van der Waals surface area contributed by atoms with Crippen LogP contribution < -0.4 is 10.2 Å². The highest BCUT2D eigenvalue weighted by Gasteiger charge is 2.42. The first-order valence-corrected chi connectivity index (χ1v) is 26.3. The van der Waals surface area contributed by atoms with Crippen molar-refractivity contribution in [3.05, 3.63) is 122 Å². The van der Waals surface area contributed by atoms with Gasteiger partial charge in [0.2, 0.25) is 5.91 Å². The Morgan fingerprint density at radius 3 is 2.14 bits per heavy atom. The Bertz CT molecular complexity index is 2740. The molecule has 5 aliphatic rings. The Morgan fingerprint density at radius 1 is 0.814 bits per heavy atom. The second kappa shape index (κ2) is 20.0. The fraction of sp³-hybridized carbons (Fsp3) is 0.500. The van der Waals surface area contributed by atoms with Gasteiger partial charge in [-0.3, -0.25) is 24.0 Å². The van der Waals surface area contributed by atoms with Crippen LogP contribution in [0.15, 0.2) is 71.9 Å². The van der Waals surface area contributed by atoms with Crippen molar-refractivity contribution in [3.8, 4) is 5.00 Å². The van der Waals surface area contributed by atoms with Crippen LogP contribution in [0.1, 0.15) is 126 Å². The fourth-order valence-corrected chi connectivity index (χ4v) is 12.6. The highest BCUT2D eigenvalue weighted by molar-refractivity contribution is 7.15. The molecule has 2 bridgehead atoms. The molecule has 368 valence electrons. The number of benzene rings is 2. The molecule has 0 spiro atoms. The number of halogens is 1. The van der Waals surface area contributed by atoms with Crippen molar-refractivity contribution in [2.24, 2.45) is 10.9 Å². The number of ether oxygens (including phenoxy) is 1. The minimum absolute atomic E-state index is 0.0293. The van der Waals surface area contributed by atoms with E-state index in [4.69, 9.17) is 26.3 Å². The lowest BCUT2D eigenvalue weighted by atomic mass is 9.95. The van der Waals surface area contributed by atoms with E-state index in [-0.39, 0.29) is 30.2 Å². The molecule has 3 aromatic heterocycles. The highest BCUT2D eigenvalue weighted by Crippen LogP contribution is 2.41. The van der Waals surface area contributed by atoms with Crippen molar-refractivity contribution in [3.63, 3.8) is 0 Å². The van der Waals surface area contributed by atoms with E-state index >= 15 is 0 Å². The Morgan fingerprint density at radius 2 is 1.49 bits per heavy atom. The number of amides is 2. The van der Waals surface area contributed by atoms with Crippen LogP contribution in [0.2, 0.25) is 5.02 Å². The maximum atomic E-state index is 14.1. The first-order chi connectivity index (χ1) is 33.6. The number of nitrogens with zero attached hydrogens (tertiary/aromatic N) is 9. The molecule has 14 nitrogen and oxygen atoms in total. The van der Waals surface area contributed by atoms with E-state index in [1.807, 2.05) is 81.1 Å². The monoisotopic (exact) mass is 984 g/mol. The predicted octanol–water partition coefficient (Wildman–Crippen LogP) is 8.90. The summed E-state index contributed by atoms with van der Waals surface area (Å²) in [5, 5.41) is 13.9. The topological polar surface area (TPSA) is 141 Å². The van der Waals surface area contributed by atoms with Gasteiger partial charge in [-0.25, -0.2) is 9.78 Å². The lowest BCUT2D eigenvalue weighted by Gasteiger charge is -2.40. The summed E-state index contributed by atoms with van der Waals surface area (Å²) in [6.45, 7) is 19.3. The van der Waals surface area contributed by atoms with Crippen LogP contribution >= 0.6 is 22.9 Å². The average molecular weight is 986 g/mol. The van der Waals surface area contributed by atoms with Gasteiger partial charge in [0, 0.05) is 109 Å². The number of carbonyl (C=O) groups excluding carboxylic acids is 3. The number of nitrogens with one attached hydrogen (secondary N) is 1. The van der Waals surface area contributed by atoms with E-state index < -0.39 is 11.6 Å². The number of fused-ring (bicyclic) bond motifs is 5. The van der Waals surface area contributed by atoms with Crippen molar-refractivity contribution < 1.29 is 19.1 Å². The summed E-state index contributed by atoms with van der Waals surface area (Å²) in [5.74, 6) is 3.02. The number of alkyl carbamates (subject to hydrolysis) is 1. The zero-order valence-corrected chi connectivity index (χ0v) is 42.9. The second-order valence-electron chi connectivity index (χ2n) is 21.0. The molecule has 0 unspecified atom stereocenters. The van der Waals surface area contributed by atoms with Crippen molar-refractivity contribution in [1.82, 2.24) is 39.8 Å². The van der Waals surface area contributed by atoms with Gasteiger partial charge in [0.1, 0.15) is 28.3 Å². The summed E-state index contributed by atoms with van der Waals surface area (Å²) in [6, 6.07) is 19.9. The normalized spacial score (nSPS) is 22.0. The molecule has 1 N–H and O–H groups in total. The predicted molar refractivity (Wildman–Crippen MR) is 275 cm³/mol. The summed E-state index contributed by atoms with van der Waals surface area (Å²) in [6.07, 6.45) is 7.38. The molecule has 4 fully saturated rings. The van der Waals surface area contributed by atoms with Gasteiger partial charge in [-0.15, -0.1) is 21.5 Å². The Kier molecular flexibility index (Phi) is 13.7. The molecule has 0 aliphatic carbocycles. The summed E-state index contributed by atoms with van der Waals surface area (Å²) >= 11 is 8.02. The number of piperidine rings is 2. The molecule has 5 aliphatic heterocycles. The third-order valence-electron chi connectivity index (χ3n) is 15.0. The number of rotatable bonds is 11. The second-order valence-corrected chi connectivity index (χ2v) is 22.7. The number of hydrogen-bond acceptors (Lipinski definition) is 12. The number of aryl methyl sites for hydroxylation is 2. The lowest BCUT2D eigenvalue weighted by Crippen LogP contribution is -2.51. The molecule has 0 radical (unpaired) electrons. The molecule has 2 amide bonds. The van der Waals surface area contributed by atoms with Crippen molar-refractivity contribution in [2.75, 3.05) is 50.7 Å². The van der Waals surface area contributed by atoms with E-state index in [9.17, 15) is 14.4 Å². The zero-order valence-electron chi connectivity index (χ0n) is 41.3. The number of thiophene rings is 1. The van der Waals surface area contributed by atoms with Crippen molar-refractivity contribution >= 4 is 52.3 Å². The van der Waals surface area contributed by atoms with Gasteiger partial charge in [0.25, 0.3) is 0 Å². The third-order valence-corrected chi connectivity index (χ3v) is 16.5. The molecule has 5 aromatic rings. The molecule has 2 aromatic carbocycles. The number of hydrogen-bond donors (Lipinski definition) is 1. The first kappa shape index (κ1) is 48.2. The summed E-state index contributed by atoms with van der Waals surface area (Å²) in [5.41, 5.74) is 5.99. The van der Waals surface area contributed by atoms with Gasteiger partial charge in [-0.1, -0.05) is 48.0 Å². The van der Waals surface area contributed by atoms with Gasteiger partial charge in [-0.2, -0.15) is 0 Å². The first-order valence-electron chi connectivity index (χ1n) is 25.1. The van der Waals surface area contributed by atoms with Crippen molar-refractivity contribution in [1.29, 1.82) is 0 Å². The number of aromatic nitrogens is 4. The van der Waals surface area contributed by atoms with Gasteiger partial charge < -0.3 is 24.8 Å². The van der Waals surface area contributed by atoms with E-state index in [2.05, 4.69) is 60.8 Å². The van der Waals surface area contributed by atoms with Crippen LogP contribution in [0.3, 0.4) is 0 Å². The summed E-state index contributed by atoms with van der Waals surface area (Å²) in [7, 11) is 0. The van der Waals surface area contributed by atoms with Gasteiger partial charge in [0.15, 0.2) is 11.6 Å². The van der Waals surface area contributed by atoms with Gasteiger partial charge >= 0.3 is 6.09 Å². The number of likely N-dealkylation sites (tertiary alicyclic amines) is 1. The van der Waals surface area contributed by atoms with Crippen LogP contribution in [-0.2, 0) is 16.1 Å². The van der Waals surface area contributed by atoms with Gasteiger partial charge in [0.05, 0.1) is 12.1 Å². The summed E-state index contributed by atoms with van der Waals surface area (Å²) in [4.78, 5) is 60.9. The largest absolute Gasteiger partial charge is 0.444 e. The standard InChI is InChI=1S/C54H65ClN10O4S/c1-33-34(2)70-52-48(33)49(38-11-14-41(55)15-12-38)58-45(51-60-59-35(3)64(51)52)29-47(66)63-21-19-37(20-22-63)32-62-25-23-61(24-26-62)31-36-7-9-39(10-8-36)50(67)40-13-18-46(56-30-40)65-43-16-17-44(65)28-42(27-43)57-53(68)69-54(4,5)6/h7-15,18,30,37,42-45H,16-17,19-29,31-32H2,1-6H3,(H,57,68)/t42-,43+,44-,45-/m0/s1. The van der Waals surface area contributed by atoms with Crippen molar-refractivity contribution in [2.45, 2.75) is 123 Å². The van der Waals surface area contributed by atoms with Crippen LogP contribution in [0, 0.1) is 26.7 Å². The molecule has 0 saturated carbocycles. The van der Waals surface area contributed by atoms with E-state index in [0.717, 1.165) is 124 Å². The molecular formula is C54H65ClN10O4S. The Labute approximate surface area is 420 Å². The number of pyridine rings is 1. The van der Waals surface area contributed by atoms with Crippen LogP contribution in [0.25, 0.3) is 5.00 Å². The van der Waals surface area contributed by atoms with Crippen LogP contribution in [0.5, 0.6) is 0 Å². The van der Waals surface area contributed by atoms with Gasteiger partial charge in [-0.05, 0) is 121 Å². The van der Waals surface area contributed by atoms with Crippen LogP contribution in [-0.4, -0.2) is 127 Å². The Hall–Kier alpha value is -5.48. The molecule has 10 rings (SSSR count). The molecule has 8 heterocycles. The minimum Gasteiger partial charge on any atom is -0.444 e. The highest BCUT2D eigenvalue weighted by atomic mass is 35.5. The molecule has 4 saturated heterocycles. The summed E-state index contributed by atoms with van der Waals surface area (Å²) < 4.78 is 7.61. The Balaban J connectivity index is 0.678. The van der Waals surface area contributed by atoms with E-state index in [0.29, 0.717) is 40.0 Å².